The lowest BCUT2D eigenvalue weighted by Crippen LogP contribution is -2.27. The minimum Gasteiger partial charge on any atom is -0.377 e. The zero-order valence-corrected chi connectivity index (χ0v) is 12.1. The summed E-state index contributed by atoms with van der Waals surface area (Å²) >= 11 is 0. The van der Waals surface area contributed by atoms with Gasteiger partial charge in [-0.2, -0.15) is 0 Å². The summed E-state index contributed by atoms with van der Waals surface area (Å²) in [4.78, 5) is 0. The SMILES string of the molecule is CCCNC(C)CCCS(=O)CC1CCCO1. The summed E-state index contributed by atoms with van der Waals surface area (Å²) in [6.45, 7) is 6.33. The third-order valence-corrected chi connectivity index (χ3v) is 4.64. The van der Waals surface area contributed by atoms with Gasteiger partial charge in [0.1, 0.15) is 0 Å². The molecule has 1 aliphatic rings. The number of nitrogens with one attached hydrogen (secondary N) is 1. The van der Waals surface area contributed by atoms with Gasteiger partial charge in [-0.1, -0.05) is 6.92 Å². The second-order valence-electron chi connectivity index (χ2n) is 4.94. The maximum Gasteiger partial charge on any atom is 0.0691 e. The highest BCUT2D eigenvalue weighted by Crippen LogP contribution is 2.13. The molecule has 3 unspecified atom stereocenters. The first kappa shape index (κ1) is 15.1. The highest BCUT2D eigenvalue weighted by Gasteiger charge is 2.18. The molecule has 1 rings (SSSR count). The molecule has 0 spiro atoms. The first-order valence-electron chi connectivity index (χ1n) is 6.92. The van der Waals surface area contributed by atoms with E-state index >= 15 is 0 Å². The Balaban J connectivity index is 1.99. The molecule has 0 aromatic carbocycles. The Morgan fingerprint density at radius 3 is 3.00 bits per heavy atom. The molecule has 4 heteroatoms. The van der Waals surface area contributed by atoms with Crippen LogP contribution in [0, 0.1) is 0 Å². The average Bonchev–Trinajstić information content (AvgIpc) is 2.79. The Bertz CT molecular complexity index is 217. The predicted octanol–water partition coefficient (Wildman–Crippen LogP) is 2.08. The summed E-state index contributed by atoms with van der Waals surface area (Å²) in [6, 6.07) is 0.551. The molecule has 102 valence electrons. The fourth-order valence-corrected chi connectivity index (χ4v) is 3.44. The van der Waals surface area contributed by atoms with Crippen LogP contribution in [0.25, 0.3) is 0 Å². The quantitative estimate of drug-likeness (QED) is 0.690. The summed E-state index contributed by atoms with van der Waals surface area (Å²) in [7, 11) is -0.685. The van der Waals surface area contributed by atoms with Crippen LogP contribution < -0.4 is 5.32 Å². The van der Waals surface area contributed by atoms with E-state index in [2.05, 4.69) is 19.2 Å². The molecule has 1 saturated heterocycles. The maximum atomic E-state index is 11.8. The molecule has 3 atom stereocenters. The largest absolute Gasteiger partial charge is 0.377 e. The Hall–Kier alpha value is 0.0700. The van der Waals surface area contributed by atoms with Crippen molar-refractivity contribution in [3.63, 3.8) is 0 Å². The summed E-state index contributed by atoms with van der Waals surface area (Å²) < 4.78 is 17.3. The van der Waals surface area contributed by atoms with E-state index in [1.54, 1.807) is 0 Å². The van der Waals surface area contributed by atoms with Gasteiger partial charge < -0.3 is 10.1 Å². The van der Waals surface area contributed by atoms with Gasteiger partial charge in [0.05, 0.1) is 6.10 Å². The highest BCUT2D eigenvalue weighted by atomic mass is 32.2. The van der Waals surface area contributed by atoms with Gasteiger partial charge in [-0.3, -0.25) is 4.21 Å². The minimum atomic E-state index is -0.685. The third-order valence-electron chi connectivity index (χ3n) is 3.15. The van der Waals surface area contributed by atoms with Crippen LogP contribution >= 0.6 is 0 Å². The van der Waals surface area contributed by atoms with E-state index in [9.17, 15) is 4.21 Å². The topological polar surface area (TPSA) is 38.3 Å². The van der Waals surface area contributed by atoms with Gasteiger partial charge >= 0.3 is 0 Å². The molecule has 17 heavy (non-hydrogen) atoms. The number of ether oxygens (including phenoxy) is 1. The zero-order valence-electron chi connectivity index (χ0n) is 11.2. The van der Waals surface area contributed by atoms with Crippen molar-refractivity contribution < 1.29 is 8.95 Å². The summed E-state index contributed by atoms with van der Waals surface area (Å²) in [5, 5.41) is 3.46. The van der Waals surface area contributed by atoms with Crippen LogP contribution in [0.15, 0.2) is 0 Å². The molecule has 0 amide bonds. The molecule has 0 radical (unpaired) electrons. The van der Waals surface area contributed by atoms with Crippen LogP contribution in [0.1, 0.15) is 46.0 Å². The van der Waals surface area contributed by atoms with Crippen molar-refractivity contribution in [3.8, 4) is 0 Å². The standard InChI is InChI=1S/C13H27NO2S/c1-3-8-14-12(2)6-5-10-17(15)11-13-7-4-9-16-13/h12-14H,3-11H2,1-2H3. The lowest BCUT2D eigenvalue weighted by atomic mass is 10.2. The second-order valence-corrected chi connectivity index (χ2v) is 6.56. The van der Waals surface area contributed by atoms with Gasteiger partial charge in [0.25, 0.3) is 0 Å². The smallest absolute Gasteiger partial charge is 0.0691 e. The van der Waals surface area contributed by atoms with E-state index in [-0.39, 0.29) is 6.10 Å². The van der Waals surface area contributed by atoms with Crippen molar-refractivity contribution in [1.29, 1.82) is 0 Å². The molecular formula is C13H27NO2S. The molecule has 1 fully saturated rings. The van der Waals surface area contributed by atoms with E-state index in [4.69, 9.17) is 4.74 Å². The van der Waals surface area contributed by atoms with Crippen LogP contribution in [0.2, 0.25) is 0 Å². The summed E-state index contributed by atoms with van der Waals surface area (Å²) in [6.07, 6.45) is 5.86. The van der Waals surface area contributed by atoms with Gasteiger partial charge in [0, 0.05) is 35.0 Å². The molecule has 1 heterocycles. The highest BCUT2D eigenvalue weighted by molar-refractivity contribution is 7.85. The Labute approximate surface area is 108 Å². The minimum absolute atomic E-state index is 0.270. The lowest BCUT2D eigenvalue weighted by Gasteiger charge is -2.13. The van der Waals surface area contributed by atoms with Gasteiger partial charge in [-0.05, 0) is 45.6 Å². The van der Waals surface area contributed by atoms with Gasteiger partial charge in [-0.25, -0.2) is 0 Å². The van der Waals surface area contributed by atoms with Crippen molar-refractivity contribution in [1.82, 2.24) is 5.32 Å². The lowest BCUT2D eigenvalue weighted by molar-refractivity contribution is 0.128. The van der Waals surface area contributed by atoms with Crippen LogP contribution in [0.3, 0.4) is 0 Å². The van der Waals surface area contributed by atoms with Gasteiger partial charge in [-0.15, -0.1) is 0 Å². The monoisotopic (exact) mass is 261 g/mol. The Morgan fingerprint density at radius 2 is 2.35 bits per heavy atom. The molecule has 0 saturated carbocycles. The second kappa shape index (κ2) is 9.06. The van der Waals surface area contributed by atoms with Crippen molar-refractivity contribution >= 4 is 10.8 Å². The first-order chi connectivity index (χ1) is 8.22. The third kappa shape index (κ3) is 7.17. The molecule has 0 aliphatic carbocycles. The van der Waals surface area contributed by atoms with Crippen LogP contribution in [-0.2, 0) is 15.5 Å². The zero-order chi connectivity index (χ0) is 12.5. The van der Waals surface area contributed by atoms with E-state index in [1.807, 2.05) is 0 Å². The fourth-order valence-electron chi connectivity index (χ4n) is 2.11. The number of hydrogen-bond donors (Lipinski definition) is 1. The normalized spacial score (nSPS) is 23.8. The predicted molar refractivity (Wildman–Crippen MR) is 73.8 cm³/mol. The van der Waals surface area contributed by atoms with Crippen molar-refractivity contribution in [2.75, 3.05) is 24.7 Å². The fraction of sp³-hybridized carbons (Fsp3) is 1.00. The van der Waals surface area contributed by atoms with Crippen molar-refractivity contribution in [2.24, 2.45) is 0 Å². The summed E-state index contributed by atoms with van der Waals surface area (Å²) in [5.41, 5.74) is 0. The van der Waals surface area contributed by atoms with E-state index in [0.717, 1.165) is 50.3 Å². The molecule has 0 bridgehead atoms. The Kier molecular flexibility index (Phi) is 8.06. The molecule has 3 nitrogen and oxygen atoms in total. The van der Waals surface area contributed by atoms with Crippen molar-refractivity contribution in [3.05, 3.63) is 0 Å². The van der Waals surface area contributed by atoms with E-state index in [0.29, 0.717) is 6.04 Å². The number of hydrogen-bond acceptors (Lipinski definition) is 3. The van der Waals surface area contributed by atoms with Gasteiger partial charge in [0.2, 0.25) is 0 Å². The van der Waals surface area contributed by atoms with E-state index in [1.165, 1.54) is 6.42 Å². The average molecular weight is 261 g/mol. The van der Waals surface area contributed by atoms with Crippen LogP contribution in [-0.4, -0.2) is 41.0 Å². The van der Waals surface area contributed by atoms with Crippen molar-refractivity contribution in [2.45, 2.75) is 58.1 Å². The molecule has 1 N–H and O–H groups in total. The summed E-state index contributed by atoms with van der Waals surface area (Å²) in [5.74, 6) is 1.58. The van der Waals surface area contributed by atoms with Crippen LogP contribution in [0.4, 0.5) is 0 Å². The number of rotatable bonds is 9. The molecule has 0 aromatic heterocycles. The van der Waals surface area contributed by atoms with E-state index < -0.39 is 10.8 Å². The first-order valence-corrected chi connectivity index (χ1v) is 8.41. The maximum absolute atomic E-state index is 11.8. The van der Waals surface area contributed by atoms with Gasteiger partial charge in [0.15, 0.2) is 0 Å². The van der Waals surface area contributed by atoms with Crippen LogP contribution in [0.5, 0.6) is 0 Å². The molecular weight excluding hydrogens is 234 g/mol. The molecule has 0 aromatic rings. The molecule has 1 aliphatic heterocycles. The Morgan fingerprint density at radius 1 is 1.53 bits per heavy atom.